The van der Waals surface area contributed by atoms with Gasteiger partial charge in [0.15, 0.2) is 0 Å². The number of hydrogen-bond donors (Lipinski definition) is 0. The first-order valence-corrected chi connectivity index (χ1v) is 19.1. The second-order valence-corrected chi connectivity index (χ2v) is 18.1. The van der Waals surface area contributed by atoms with Crippen LogP contribution in [-0.4, -0.2) is 0 Å². The maximum absolute atomic E-state index is 2.63. The Morgan fingerprint density at radius 3 is 1.59 bits per heavy atom. The van der Waals surface area contributed by atoms with Gasteiger partial charge >= 0.3 is 0 Å². The fourth-order valence-electron chi connectivity index (χ4n) is 10.9. The van der Waals surface area contributed by atoms with Gasteiger partial charge in [-0.25, -0.2) is 0 Å². The average Bonchev–Trinajstić information content (AvgIpc) is 3.60. The summed E-state index contributed by atoms with van der Waals surface area (Å²) in [5.41, 5.74) is 23.3. The van der Waals surface area contributed by atoms with E-state index in [1.807, 2.05) is 0 Å². The molecule has 0 saturated carbocycles. The minimum absolute atomic E-state index is 0.0614. The van der Waals surface area contributed by atoms with E-state index in [1.165, 1.54) is 83.5 Å². The van der Waals surface area contributed by atoms with Gasteiger partial charge in [-0.2, -0.15) is 0 Å². The molecule has 2 unspecified atom stereocenters. The Labute approximate surface area is 304 Å². The van der Waals surface area contributed by atoms with Gasteiger partial charge in [-0.15, -0.1) is 0 Å². The number of fused-ring (bicyclic) bond motifs is 10. The Morgan fingerprint density at radius 2 is 0.941 bits per heavy atom. The lowest BCUT2D eigenvalue weighted by atomic mass is 9.59. The molecule has 0 spiro atoms. The number of rotatable bonds is 2. The Hall–Kier alpha value is -4.68. The predicted octanol–water partition coefficient (Wildman–Crippen LogP) is 13.1. The van der Waals surface area contributed by atoms with Gasteiger partial charge in [0.05, 0.1) is 0 Å². The van der Waals surface area contributed by atoms with Crippen molar-refractivity contribution in [1.82, 2.24) is 0 Å². The molecule has 4 aliphatic rings. The third-order valence-corrected chi connectivity index (χ3v) is 15.0. The van der Waals surface area contributed by atoms with Gasteiger partial charge in [-0.1, -0.05) is 165 Å². The molecule has 2 atom stereocenters. The highest BCUT2D eigenvalue weighted by Crippen LogP contribution is 2.64. The van der Waals surface area contributed by atoms with E-state index in [4.69, 9.17) is 0 Å². The highest BCUT2D eigenvalue weighted by atomic mass is 14.6. The molecule has 0 heteroatoms. The van der Waals surface area contributed by atoms with E-state index in [0.717, 1.165) is 6.42 Å². The molecule has 4 aliphatic carbocycles. The molecule has 51 heavy (non-hydrogen) atoms. The summed E-state index contributed by atoms with van der Waals surface area (Å²) >= 11 is 0. The van der Waals surface area contributed by atoms with Crippen LogP contribution in [0.1, 0.15) is 123 Å². The summed E-state index contributed by atoms with van der Waals surface area (Å²) in [6.07, 6.45) is 1.03. The van der Waals surface area contributed by atoms with Crippen LogP contribution < -0.4 is 0 Å². The molecular weight excluding hydrogens is 613 g/mol. The van der Waals surface area contributed by atoms with Crippen LogP contribution in [0.15, 0.2) is 121 Å². The molecule has 0 nitrogen and oxygen atoms in total. The summed E-state index contributed by atoms with van der Waals surface area (Å²) in [6.45, 7) is 19.8. The summed E-state index contributed by atoms with van der Waals surface area (Å²) in [5, 5.41) is 0. The van der Waals surface area contributed by atoms with Gasteiger partial charge < -0.3 is 0 Å². The van der Waals surface area contributed by atoms with E-state index in [1.54, 1.807) is 5.56 Å². The van der Waals surface area contributed by atoms with Crippen molar-refractivity contribution in [2.24, 2.45) is 5.41 Å². The molecule has 0 amide bonds. The third kappa shape index (κ3) is 3.87. The van der Waals surface area contributed by atoms with Crippen molar-refractivity contribution in [3.05, 3.63) is 177 Å². The smallest absolute Gasteiger partial charge is 0.0352 e. The lowest BCUT2D eigenvalue weighted by Gasteiger charge is -2.44. The maximum atomic E-state index is 2.63. The molecule has 0 radical (unpaired) electrons. The minimum Gasteiger partial charge on any atom is -0.0622 e. The molecule has 0 saturated heterocycles. The van der Waals surface area contributed by atoms with Crippen LogP contribution in [0.3, 0.4) is 0 Å². The van der Waals surface area contributed by atoms with Crippen molar-refractivity contribution in [2.45, 2.75) is 89.9 Å². The van der Waals surface area contributed by atoms with Gasteiger partial charge in [-0.3, -0.25) is 0 Å². The van der Waals surface area contributed by atoms with Crippen LogP contribution in [-0.2, 0) is 22.7 Å². The molecule has 6 aromatic rings. The topological polar surface area (TPSA) is 0 Å². The fourth-order valence-corrected chi connectivity index (χ4v) is 10.9. The van der Waals surface area contributed by atoms with Crippen molar-refractivity contribution in [1.29, 1.82) is 0 Å². The van der Waals surface area contributed by atoms with Crippen molar-refractivity contribution in [3.8, 4) is 33.4 Å². The maximum Gasteiger partial charge on any atom is 0.0352 e. The molecule has 0 heterocycles. The molecule has 0 fully saturated rings. The first kappa shape index (κ1) is 31.1. The quantitative estimate of drug-likeness (QED) is 0.173. The van der Waals surface area contributed by atoms with Crippen molar-refractivity contribution in [3.63, 3.8) is 0 Å². The highest BCUT2D eigenvalue weighted by molar-refractivity contribution is 5.93. The normalized spacial score (nSPS) is 21.5. The Morgan fingerprint density at radius 1 is 0.412 bits per heavy atom. The van der Waals surface area contributed by atoms with Gasteiger partial charge in [0, 0.05) is 17.3 Å². The Balaban J connectivity index is 1.23. The Bertz CT molecular complexity index is 2430. The van der Waals surface area contributed by atoms with Gasteiger partial charge in [-0.05, 0) is 124 Å². The molecule has 10 rings (SSSR count). The summed E-state index contributed by atoms with van der Waals surface area (Å²) < 4.78 is 0. The lowest BCUT2D eigenvalue weighted by Crippen LogP contribution is -2.42. The zero-order valence-electron chi connectivity index (χ0n) is 31.4. The van der Waals surface area contributed by atoms with E-state index in [0.29, 0.717) is 5.92 Å². The van der Waals surface area contributed by atoms with E-state index < -0.39 is 0 Å². The summed E-state index contributed by atoms with van der Waals surface area (Å²) in [4.78, 5) is 0. The zero-order valence-corrected chi connectivity index (χ0v) is 31.4. The van der Waals surface area contributed by atoms with Gasteiger partial charge in [0.25, 0.3) is 0 Å². The van der Waals surface area contributed by atoms with Crippen LogP contribution in [0.2, 0.25) is 0 Å². The molecule has 0 aliphatic heterocycles. The average molecular weight is 661 g/mol. The Kier molecular flexibility index (Phi) is 6.10. The molecular formula is C51H48. The standard InChI is InChI=1S/C51H48/c1-48(2)43-28-39-35(30-17-11-9-12-18-30)23-32-24-45-46(50(5,6)51(7,8)49(45,3)4)27-36(32)38(39)26-41(43)40-25-37-33-21-15-16-22-34(33)47(42(37)29-44(40)48)31-19-13-10-14-20-31/h9-22,24-29,35,47H,23H2,1-8H3. The SMILES string of the molecule is CC1(C)c2cc3c(cc2-c2cc4c(cc21)C(c1ccccc1)c1ccccc1-4)-c1cc2c(cc1CC3c1ccccc1)C(C)(C)C(C)(C)C2(C)C. The zero-order chi connectivity index (χ0) is 35.2. The van der Waals surface area contributed by atoms with Crippen LogP contribution in [0.25, 0.3) is 33.4 Å². The summed E-state index contributed by atoms with van der Waals surface area (Å²) in [6, 6.07) is 47.1. The van der Waals surface area contributed by atoms with Crippen LogP contribution in [0.5, 0.6) is 0 Å². The predicted molar refractivity (Wildman–Crippen MR) is 214 cm³/mol. The van der Waals surface area contributed by atoms with Crippen molar-refractivity contribution < 1.29 is 0 Å². The lowest BCUT2D eigenvalue weighted by molar-refractivity contribution is 0.125. The van der Waals surface area contributed by atoms with E-state index >= 15 is 0 Å². The van der Waals surface area contributed by atoms with E-state index in [2.05, 4.69) is 177 Å². The minimum atomic E-state index is -0.111. The van der Waals surface area contributed by atoms with Crippen molar-refractivity contribution in [2.75, 3.05) is 0 Å². The summed E-state index contributed by atoms with van der Waals surface area (Å²) in [7, 11) is 0. The second-order valence-electron chi connectivity index (χ2n) is 18.1. The van der Waals surface area contributed by atoms with Crippen LogP contribution >= 0.6 is 0 Å². The third-order valence-electron chi connectivity index (χ3n) is 15.0. The monoisotopic (exact) mass is 660 g/mol. The van der Waals surface area contributed by atoms with E-state index in [9.17, 15) is 0 Å². The van der Waals surface area contributed by atoms with Gasteiger partial charge in [0.1, 0.15) is 0 Å². The molecule has 252 valence electrons. The molecule has 6 aromatic carbocycles. The molecule has 0 N–H and O–H groups in total. The fraction of sp³-hybridized carbons (Fsp3) is 0.294. The highest BCUT2D eigenvalue weighted by Gasteiger charge is 2.57. The van der Waals surface area contributed by atoms with Crippen LogP contribution in [0.4, 0.5) is 0 Å². The van der Waals surface area contributed by atoms with Gasteiger partial charge in [0.2, 0.25) is 0 Å². The summed E-state index contributed by atoms with van der Waals surface area (Å²) in [5.74, 6) is 0.574. The molecule has 0 aromatic heterocycles. The first-order chi connectivity index (χ1) is 24.3. The first-order valence-electron chi connectivity index (χ1n) is 19.1. The number of hydrogen-bond acceptors (Lipinski definition) is 0. The molecule has 0 bridgehead atoms. The van der Waals surface area contributed by atoms with E-state index in [-0.39, 0.29) is 27.6 Å². The second kappa shape index (κ2) is 10.0. The van der Waals surface area contributed by atoms with Crippen LogP contribution in [0, 0.1) is 5.41 Å². The van der Waals surface area contributed by atoms with Crippen molar-refractivity contribution >= 4 is 0 Å². The largest absolute Gasteiger partial charge is 0.0622 e. The number of benzene rings is 6.